The van der Waals surface area contributed by atoms with Gasteiger partial charge >= 0.3 is 0 Å². The molecule has 0 spiro atoms. The van der Waals surface area contributed by atoms with Crippen molar-refractivity contribution in [1.29, 1.82) is 0 Å². The summed E-state index contributed by atoms with van der Waals surface area (Å²) in [5.41, 5.74) is -1.23. The van der Waals surface area contributed by atoms with Gasteiger partial charge in [0.25, 0.3) is 0 Å². The van der Waals surface area contributed by atoms with Gasteiger partial charge in [-0.3, -0.25) is 14.5 Å². The van der Waals surface area contributed by atoms with Crippen molar-refractivity contribution in [2.24, 2.45) is 17.3 Å². The molecule has 2 aliphatic heterocycles. The Morgan fingerprint density at radius 1 is 1.14 bits per heavy atom. The van der Waals surface area contributed by atoms with Gasteiger partial charge in [-0.05, 0) is 45.4 Å². The van der Waals surface area contributed by atoms with E-state index < -0.39 is 11.1 Å². The molecule has 22 heavy (non-hydrogen) atoms. The molecule has 125 valence electrons. The van der Waals surface area contributed by atoms with Crippen molar-refractivity contribution in [3.8, 4) is 0 Å². The number of amides is 2. The van der Waals surface area contributed by atoms with E-state index in [1.165, 1.54) is 4.90 Å². The zero-order valence-corrected chi connectivity index (χ0v) is 14.9. The number of rotatable bonds is 2. The lowest BCUT2D eigenvalue weighted by Gasteiger charge is -2.34. The van der Waals surface area contributed by atoms with Gasteiger partial charge in [-0.15, -0.1) is 10.3 Å². The minimum Gasteiger partial charge on any atom is -0.282 e. The average molecular weight is 309 g/mol. The molecular formula is C17H29N2O3. The van der Waals surface area contributed by atoms with E-state index in [0.717, 1.165) is 5.06 Å². The molecule has 0 bridgehead atoms. The SMILES string of the molecule is CC(C)(C)C1CC(=O)N(CC2CC(C)(C)N([O])C2(C)C)C1=O. The number of hydroxylamine groups is 2. The first-order chi connectivity index (χ1) is 9.78. The monoisotopic (exact) mass is 309 g/mol. The van der Waals surface area contributed by atoms with Crippen molar-refractivity contribution in [2.45, 2.75) is 72.4 Å². The number of imide groups is 1. The Morgan fingerprint density at radius 2 is 1.68 bits per heavy atom. The third-order valence-electron chi connectivity index (χ3n) is 5.51. The van der Waals surface area contributed by atoms with Crippen LogP contribution >= 0.6 is 0 Å². The smallest absolute Gasteiger partial charge is 0.233 e. The van der Waals surface area contributed by atoms with Crippen molar-refractivity contribution in [3.63, 3.8) is 0 Å². The molecule has 2 rings (SSSR count). The lowest BCUT2D eigenvalue weighted by Crippen LogP contribution is -2.48. The molecule has 2 heterocycles. The predicted molar refractivity (Wildman–Crippen MR) is 83.1 cm³/mol. The van der Waals surface area contributed by atoms with Gasteiger partial charge in [0.15, 0.2) is 0 Å². The molecule has 1 radical (unpaired) electrons. The fourth-order valence-electron chi connectivity index (χ4n) is 3.94. The van der Waals surface area contributed by atoms with E-state index in [4.69, 9.17) is 0 Å². The maximum absolute atomic E-state index is 12.6. The van der Waals surface area contributed by atoms with Gasteiger partial charge in [-0.1, -0.05) is 20.8 Å². The maximum Gasteiger partial charge on any atom is 0.233 e. The Kier molecular flexibility index (Phi) is 3.98. The summed E-state index contributed by atoms with van der Waals surface area (Å²) in [6.45, 7) is 14.0. The standard InChI is InChI=1S/C17H29N2O3/c1-15(2,3)12-8-13(20)18(14(12)21)10-11-9-16(4,5)19(22)17(11,6)7/h11-12H,8-10H2,1-7H3. The van der Waals surface area contributed by atoms with E-state index >= 15 is 0 Å². The highest BCUT2D eigenvalue weighted by molar-refractivity contribution is 6.03. The van der Waals surface area contributed by atoms with Crippen LogP contribution in [-0.2, 0) is 14.8 Å². The van der Waals surface area contributed by atoms with Crippen LogP contribution in [0, 0.1) is 17.3 Å². The molecule has 2 unspecified atom stereocenters. The molecule has 2 aliphatic rings. The second kappa shape index (κ2) is 5.03. The van der Waals surface area contributed by atoms with Gasteiger partial charge in [0, 0.05) is 24.0 Å². The fourth-order valence-corrected chi connectivity index (χ4v) is 3.94. The van der Waals surface area contributed by atoms with Gasteiger partial charge in [0.05, 0.1) is 5.92 Å². The summed E-state index contributed by atoms with van der Waals surface area (Å²) in [7, 11) is 0. The molecule has 2 saturated heterocycles. The highest BCUT2D eigenvalue weighted by Crippen LogP contribution is 2.45. The summed E-state index contributed by atoms with van der Waals surface area (Å²) < 4.78 is 0. The van der Waals surface area contributed by atoms with Crippen LogP contribution in [0.4, 0.5) is 0 Å². The van der Waals surface area contributed by atoms with Crippen LogP contribution in [0.15, 0.2) is 0 Å². The molecule has 2 amide bonds. The highest BCUT2D eigenvalue weighted by Gasteiger charge is 2.54. The van der Waals surface area contributed by atoms with Crippen molar-refractivity contribution in [1.82, 2.24) is 9.96 Å². The van der Waals surface area contributed by atoms with Crippen LogP contribution in [-0.4, -0.2) is 39.4 Å². The zero-order valence-electron chi connectivity index (χ0n) is 14.9. The largest absolute Gasteiger partial charge is 0.282 e. The number of nitrogens with zero attached hydrogens (tertiary/aromatic N) is 2. The zero-order chi connectivity index (χ0) is 17.1. The number of carbonyl (C=O) groups is 2. The first kappa shape index (κ1) is 17.4. The van der Waals surface area contributed by atoms with Crippen molar-refractivity contribution in [3.05, 3.63) is 0 Å². The number of likely N-dealkylation sites (tertiary alicyclic amines) is 1. The fraction of sp³-hybridized carbons (Fsp3) is 0.882. The predicted octanol–water partition coefficient (Wildman–Crippen LogP) is 2.63. The Balaban J connectivity index is 2.18. The first-order valence-electron chi connectivity index (χ1n) is 8.10. The Labute approximate surface area is 133 Å². The van der Waals surface area contributed by atoms with Gasteiger partial charge in [-0.25, -0.2) is 0 Å². The molecule has 5 nitrogen and oxygen atoms in total. The van der Waals surface area contributed by atoms with Crippen LogP contribution in [0.1, 0.15) is 61.3 Å². The highest BCUT2D eigenvalue weighted by atomic mass is 16.5. The van der Waals surface area contributed by atoms with E-state index in [1.54, 1.807) is 0 Å². The normalized spacial score (nSPS) is 32.1. The maximum atomic E-state index is 12.6. The van der Waals surface area contributed by atoms with Crippen molar-refractivity contribution < 1.29 is 14.8 Å². The summed E-state index contributed by atoms with van der Waals surface area (Å²) in [6.07, 6.45) is 0.987. The molecule has 0 aromatic rings. The third kappa shape index (κ3) is 2.69. The van der Waals surface area contributed by atoms with Crippen LogP contribution in [0.5, 0.6) is 0 Å². The van der Waals surface area contributed by atoms with Crippen molar-refractivity contribution >= 4 is 11.8 Å². The van der Waals surface area contributed by atoms with E-state index in [1.807, 2.05) is 48.5 Å². The molecule has 2 atom stereocenters. The van der Waals surface area contributed by atoms with Crippen LogP contribution < -0.4 is 0 Å². The van der Waals surface area contributed by atoms with Gasteiger partial charge in [-0.2, -0.15) is 0 Å². The van der Waals surface area contributed by atoms with Crippen molar-refractivity contribution in [2.75, 3.05) is 6.54 Å². The molecular weight excluding hydrogens is 280 g/mol. The Bertz CT molecular complexity index is 491. The molecule has 5 heteroatoms. The third-order valence-corrected chi connectivity index (χ3v) is 5.51. The minimum absolute atomic E-state index is 0.00613. The summed E-state index contributed by atoms with van der Waals surface area (Å²) in [5.74, 6) is -0.411. The lowest BCUT2D eigenvalue weighted by molar-refractivity contribution is -0.248. The Hall–Kier alpha value is -0.940. The molecule has 0 aliphatic carbocycles. The van der Waals surface area contributed by atoms with Gasteiger partial charge < -0.3 is 0 Å². The number of hydrogen-bond acceptors (Lipinski definition) is 3. The number of carbonyl (C=O) groups excluding carboxylic acids is 2. The second-order valence-electron chi connectivity index (χ2n) is 9.13. The van der Waals surface area contributed by atoms with E-state index in [2.05, 4.69) is 0 Å². The summed E-state index contributed by atoms with van der Waals surface area (Å²) >= 11 is 0. The topological polar surface area (TPSA) is 60.5 Å². The summed E-state index contributed by atoms with van der Waals surface area (Å²) in [4.78, 5) is 26.3. The lowest BCUT2D eigenvalue weighted by atomic mass is 9.80. The van der Waals surface area contributed by atoms with E-state index in [-0.39, 0.29) is 29.1 Å². The molecule has 0 aromatic heterocycles. The first-order valence-corrected chi connectivity index (χ1v) is 8.10. The Morgan fingerprint density at radius 3 is 2.05 bits per heavy atom. The minimum atomic E-state index is -0.566. The number of hydrogen-bond donors (Lipinski definition) is 0. The van der Waals surface area contributed by atoms with Gasteiger partial charge in [0.2, 0.25) is 11.8 Å². The summed E-state index contributed by atoms with van der Waals surface area (Å²) in [6, 6.07) is 0. The molecule has 0 saturated carbocycles. The quantitative estimate of drug-likeness (QED) is 0.737. The molecule has 0 aromatic carbocycles. The average Bonchev–Trinajstić information content (AvgIpc) is 2.70. The van der Waals surface area contributed by atoms with E-state index in [0.29, 0.717) is 19.4 Å². The molecule has 0 N–H and O–H groups in total. The second-order valence-corrected chi connectivity index (χ2v) is 9.13. The van der Waals surface area contributed by atoms with E-state index in [9.17, 15) is 14.8 Å². The van der Waals surface area contributed by atoms with Crippen LogP contribution in [0.2, 0.25) is 0 Å². The van der Waals surface area contributed by atoms with Crippen LogP contribution in [0.25, 0.3) is 0 Å². The van der Waals surface area contributed by atoms with Crippen LogP contribution in [0.3, 0.4) is 0 Å². The summed E-state index contributed by atoms with van der Waals surface area (Å²) in [5, 5.41) is 13.6. The van der Waals surface area contributed by atoms with Gasteiger partial charge in [0.1, 0.15) is 0 Å². The molecule has 2 fully saturated rings.